The Hall–Kier alpha value is -2.86. The lowest BCUT2D eigenvalue weighted by Gasteiger charge is -2.38. The molecule has 0 aliphatic carbocycles. The number of amides is 4. The van der Waals surface area contributed by atoms with Gasteiger partial charge in [0.25, 0.3) is 11.8 Å². The van der Waals surface area contributed by atoms with E-state index in [1.807, 2.05) is 0 Å². The second-order valence-electron chi connectivity index (χ2n) is 10.9. The van der Waals surface area contributed by atoms with Gasteiger partial charge in [-0.1, -0.05) is 62.3 Å². The summed E-state index contributed by atoms with van der Waals surface area (Å²) < 4.78 is 7.30. The number of Topliss-reactive ketones (excluding diaryl/α,β-unsaturated/α-hetero) is 1. The predicted octanol–water partition coefficient (Wildman–Crippen LogP) is 0.412. The van der Waals surface area contributed by atoms with Gasteiger partial charge < -0.3 is 27.2 Å². The minimum Gasteiger partial charge on any atom is -0.480 e. The topological polar surface area (TPSA) is 202 Å². The number of hydrogen-bond donors (Lipinski definition) is 5. The number of carbonyl (C=O) groups excluding carboxylic acids is 5. The Morgan fingerprint density at radius 2 is 1.29 bits per heavy atom. The Bertz CT molecular complexity index is 894. The van der Waals surface area contributed by atoms with Crippen molar-refractivity contribution in [1.82, 2.24) is 15.5 Å². The van der Waals surface area contributed by atoms with Gasteiger partial charge in [0.05, 0.1) is 6.04 Å². The van der Waals surface area contributed by atoms with Crippen LogP contribution < -0.4 is 22.1 Å². The highest BCUT2D eigenvalue weighted by Gasteiger charge is 2.46. The maximum atomic E-state index is 14.0. The molecular weight excluding hydrogens is 494 g/mol. The Morgan fingerprint density at radius 3 is 1.68 bits per heavy atom. The smallest absolute Gasteiger partial charge is 0.326 e. The van der Waals surface area contributed by atoms with Gasteiger partial charge in [-0.3, -0.25) is 28.9 Å². The summed E-state index contributed by atoms with van der Waals surface area (Å²) in [6, 6.07) is -6.64. The largest absolute Gasteiger partial charge is 0.480 e. The molecule has 0 rings (SSSR count). The van der Waals surface area contributed by atoms with Gasteiger partial charge in [-0.25, -0.2) is 4.79 Å². The third-order valence-electron chi connectivity index (χ3n) is 6.26. The molecule has 0 aromatic carbocycles. The molecule has 0 radical (unpaired) electrons. The van der Waals surface area contributed by atoms with Crippen LogP contribution in [0, 0.1) is 23.7 Å². The van der Waals surface area contributed by atoms with E-state index < -0.39 is 83.3 Å². The summed E-state index contributed by atoms with van der Waals surface area (Å²) >= 11 is 0. The number of aliphatic carboxylic acids is 1. The molecular formula is C26H47N5O7. The van der Waals surface area contributed by atoms with Gasteiger partial charge in [0.1, 0.15) is 18.1 Å². The van der Waals surface area contributed by atoms with Gasteiger partial charge >= 0.3 is 5.97 Å². The van der Waals surface area contributed by atoms with E-state index in [2.05, 4.69) is 10.6 Å². The normalized spacial score (nSPS) is 15.9. The maximum Gasteiger partial charge on any atom is 0.326 e. The first-order valence-corrected chi connectivity index (χ1v) is 12.9. The second kappa shape index (κ2) is 15.5. The third kappa shape index (κ3) is 9.46. The van der Waals surface area contributed by atoms with E-state index in [-0.39, 0.29) is 25.7 Å². The van der Waals surface area contributed by atoms with Gasteiger partial charge in [-0.15, -0.1) is 0 Å². The van der Waals surface area contributed by atoms with Crippen molar-refractivity contribution in [2.24, 2.45) is 35.1 Å². The van der Waals surface area contributed by atoms with Crippen molar-refractivity contribution >= 4 is 35.4 Å². The minimum atomic E-state index is -1.76. The molecule has 0 saturated heterocycles. The summed E-state index contributed by atoms with van der Waals surface area (Å²) in [6.45, 7) is 12.9. The lowest BCUT2D eigenvalue weighted by Crippen LogP contribution is -2.67. The number of carboxylic acid groups (broad SMARTS) is 1. The van der Waals surface area contributed by atoms with Crippen molar-refractivity contribution in [3.63, 3.8) is 0 Å². The molecule has 12 nitrogen and oxygen atoms in total. The molecule has 0 saturated carbocycles. The molecule has 5 atom stereocenters. The highest BCUT2D eigenvalue weighted by molar-refractivity contribution is 6.39. The number of nitrogens with one attached hydrogen (secondary N) is 2. The first kappa shape index (κ1) is 33.2. The van der Waals surface area contributed by atoms with E-state index in [9.17, 15) is 33.9 Å². The Kier molecular flexibility index (Phi) is 13.6. The van der Waals surface area contributed by atoms with Gasteiger partial charge in [0.15, 0.2) is 0 Å². The molecule has 0 fully saturated rings. The van der Waals surface area contributed by atoms with Crippen molar-refractivity contribution < 1.29 is 35.2 Å². The van der Waals surface area contributed by atoms with E-state index in [0.29, 0.717) is 4.90 Å². The molecule has 0 spiro atoms. The Morgan fingerprint density at radius 1 is 0.789 bits per heavy atom. The highest BCUT2D eigenvalue weighted by Crippen LogP contribution is 2.19. The van der Waals surface area contributed by atoms with Crippen molar-refractivity contribution in [3.8, 4) is 0 Å². The fourth-order valence-corrected chi connectivity index (χ4v) is 3.56. The van der Waals surface area contributed by atoms with Crippen molar-refractivity contribution in [1.29, 1.82) is 0 Å². The summed E-state index contributed by atoms with van der Waals surface area (Å²) in [4.78, 5) is 78.8. The van der Waals surface area contributed by atoms with Crippen LogP contribution in [0.5, 0.6) is 0 Å². The number of ketones is 1. The van der Waals surface area contributed by atoms with Crippen LogP contribution in [0.1, 0.15) is 76.5 Å². The fraction of sp³-hybridized carbons (Fsp3) is 0.769. The summed E-state index contributed by atoms with van der Waals surface area (Å²) in [6.07, 6.45) is -0.306. The zero-order valence-electron chi connectivity index (χ0n) is 24.8. The van der Waals surface area contributed by atoms with Gasteiger partial charge in [0.2, 0.25) is 17.6 Å². The highest BCUT2D eigenvalue weighted by atomic mass is 16.4. The van der Waals surface area contributed by atoms with E-state index in [4.69, 9.17) is 12.8 Å². The number of nitrogens with two attached hydrogens (primary N) is 2. The van der Waals surface area contributed by atoms with Crippen LogP contribution in [0.4, 0.5) is 0 Å². The van der Waals surface area contributed by atoms with Crippen LogP contribution in [-0.4, -0.2) is 75.6 Å². The lowest BCUT2D eigenvalue weighted by atomic mass is 9.92. The number of nitrogens with zero attached hydrogens (tertiary/aromatic N) is 1. The van der Waals surface area contributed by atoms with Crippen molar-refractivity contribution in [2.75, 3.05) is 0 Å². The van der Waals surface area contributed by atoms with Crippen LogP contribution in [-0.2, 0) is 28.8 Å². The molecule has 12 heteroatoms. The zero-order chi connectivity index (χ0) is 30.8. The number of carboxylic acids is 1. The fourth-order valence-electron chi connectivity index (χ4n) is 3.56. The first-order chi connectivity index (χ1) is 17.9. The predicted molar refractivity (Wildman–Crippen MR) is 142 cm³/mol. The molecule has 7 N–H and O–H groups in total. The third-order valence-corrected chi connectivity index (χ3v) is 6.26. The molecule has 0 heterocycles. The SMILES string of the molecule is [2H]CCCC(=O)C(=O)N(C(=O)[C@@H](NC(=O)[C@@H](N)C(C)C)C(C)C)[C@H](C(=O)N[C@H](C(=O)O)C(C)C)C(N)C(C)C. The summed E-state index contributed by atoms with van der Waals surface area (Å²) in [5.41, 5.74) is 12.3. The molecule has 0 aromatic rings. The molecule has 0 bridgehead atoms. The standard InChI is InChI=1S/C26H47N5O7/c1-10-11-16(32)24(35)31(25(36)19(14(6)7)29-22(33)18(28)13(4)5)21(17(27)12(2)3)23(34)30-20(15(8)9)26(37)38/h12-15,17-21H,10-11,27-28H2,1-9H3,(H,29,33)(H,30,34)(H,37,38)/t17?,18-,19-,20-,21-/m0/s1/i1D. The number of rotatable bonds is 15. The van der Waals surface area contributed by atoms with Crippen molar-refractivity contribution in [3.05, 3.63) is 0 Å². The zero-order valence-corrected chi connectivity index (χ0v) is 23.8. The van der Waals surface area contributed by atoms with Gasteiger partial charge in [-0.2, -0.15) is 0 Å². The quantitative estimate of drug-likeness (QED) is 0.182. The van der Waals surface area contributed by atoms with Gasteiger partial charge in [0, 0.05) is 13.8 Å². The average Bonchev–Trinajstić information content (AvgIpc) is 2.84. The van der Waals surface area contributed by atoms with Crippen LogP contribution in [0.25, 0.3) is 0 Å². The molecule has 0 aromatic heterocycles. The van der Waals surface area contributed by atoms with Crippen LogP contribution in [0.15, 0.2) is 0 Å². The Balaban J connectivity index is 6.91. The molecule has 0 aliphatic heterocycles. The van der Waals surface area contributed by atoms with Crippen LogP contribution in [0.3, 0.4) is 0 Å². The molecule has 38 heavy (non-hydrogen) atoms. The summed E-state index contributed by atoms with van der Waals surface area (Å²) in [7, 11) is 0. The molecule has 0 aliphatic rings. The summed E-state index contributed by atoms with van der Waals surface area (Å²) in [5.74, 6) is -8.33. The Labute approximate surface area is 227 Å². The number of hydrogen-bond acceptors (Lipinski definition) is 8. The van der Waals surface area contributed by atoms with E-state index in [1.165, 1.54) is 0 Å². The number of carbonyl (C=O) groups is 6. The minimum absolute atomic E-state index is 0.0434. The van der Waals surface area contributed by atoms with Gasteiger partial charge in [-0.05, 0) is 30.1 Å². The molecule has 4 amide bonds. The second-order valence-corrected chi connectivity index (χ2v) is 10.9. The van der Waals surface area contributed by atoms with Crippen LogP contribution >= 0.6 is 0 Å². The van der Waals surface area contributed by atoms with Crippen molar-refractivity contribution in [2.45, 2.75) is 105 Å². The first-order valence-electron chi connectivity index (χ1n) is 13.6. The van der Waals surface area contributed by atoms with E-state index in [0.717, 1.165) is 0 Å². The molecule has 218 valence electrons. The molecule has 1 unspecified atom stereocenters. The number of imide groups is 1. The van der Waals surface area contributed by atoms with E-state index >= 15 is 0 Å². The lowest BCUT2D eigenvalue weighted by molar-refractivity contribution is -0.160. The monoisotopic (exact) mass is 542 g/mol. The van der Waals surface area contributed by atoms with E-state index in [1.54, 1.807) is 55.4 Å². The maximum absolute atomic E-state index is 14.0. The summed E-state index contributed by atoms with van der Waals surface area (Å²) in [5, 5.41) is 14.5. The van der Waals surface area contributed by atoms with Crippen LogP contribution in [0.2, 0.25) is 0 Å². The average molecular weight is 543 g/mol.